The van der Waals surface area contributed by atoms with Gasteiger partial charge in [-0.05, 0) is 67.8 Å². The van der Waals surface area contributed by atoms with Crippen LogP contribution < -0.4 is 0 Å². The largest absolute Gasteiger partial charge is 0.457 e. The Balaban J connectivity index is 2.26. The molecule has 4 nitrogen and oxygen atoms in total. The summed E-state index contributed by atoms with van der Waals surface area (Å²) in [7, 11) is 1.84. The summed E-state index contributed by atoms with van der Waals surface area (Å²) in [5, 5.41) is 0. The van der Waals surface area contributed by atoms with Crippen LogP contribution in [-0.4, -0.2) is 30.8 Å². The summed E-state index contributed by atoms with van der Waals surface area (Å²) in [6.45, 7) is 5.30. The van der Waals surface area contributed by atoms with E-state index in [-0.39, 0.29) is 11.6 Å². The highest BCUT2D eigenvalue weighted by molar-refractivity contribution is 5.92. The molecule has 0 aromatic heterocycles. The van der Waals surface area contributed by atoms with Crippen LogP contribution in [0.15, 0.2) is 35.3 Å². The molecule has 0 heterocycles. The van der Waals surface area contributed by atoms with Crippen LogP contribution in [0.25, 0.3) is 0 Å². The number of rotatable bonds is 6. The van der Waals surface area contributed by atoms with E-state index in [1.165, 1.54) is 6.07 Å². The number of carbonyl (C=O) groups excluding carboxylic acids is 1. The minimum Gasteiger partial charge on any atom is -0.457 e. The quantitative estimate of drug-likeness (QED) is 0.220. The number of ether oxygens (including phenoxy) is 1. The topological polar surface area (TPSA) is 41.9 Å². The standard InChI is InChI=1S/C22H22F6N2O2/c1-5-30(4)12-29-19-7-13(2)18(6-14(19)3)20(31)32-11-15-8-16(21(23,24)25)10-17(9-15)22(26,27)28/h6-10,12H,5,11H2,1-4H3/b29-12+. The molecule has 0 aliphatic rings. The summed E-state index contributed by atoms with van der Waals surface area (Å²) < 4.78 is 82.9. The summed E-state index contributed by atoms with van der Waals surface area (Å²) in [5.41, 5.74) is -1.43. The van der Waals surface area contributed by atoms with Gasteiger partial charge >= 0.3 is 18.3 Å². The fourth-order valence-electron chi connectivity index (χ4n) is 2.73. The van der Waals surface area contributed by atoms with Crippen molar-refractivity contribution in [2.24, 2.45) is 4.99 Å². The van der Waals surface area contributed by atoms with Gasteiger partial charge in [0.1, 0.15) is 6.61 Å². The maximum atomic E-state index is 13.0. The van der Waals surface area contributed by atoms with Crippen molar-refractivity contribution in [2.75, 3.05) is 13.6 Å². The van der Waals surface area contributed by atoms with Crippen LogP contribution in [0.3, 0.4) is 0 Å². The average Bonchev–Trinajstić information content (AvgIpc) is 2.70. The smallest absolute Gasteiger partial charge is 0.416 e. The van der Waals surface area contributed by atoms with Gasteiger partial charge in [-0.25, -0.2) is 9.79 Å². The third kappa shape index (κ3) is 6.48. The Morgan fingerprint density at radius 1 is 0.969 bits per heavy atom. The zero-order valence-corrected chi connectivity index (χ0v) is 17.9. The van der Waals surface area contributed by atoms with Crippen LogP contribution in [0.1, 0.15) is 45.1 Å². The lowest BCUT2D eigenvalue weighted by molar-refractivity contribution is -0.143. The van der Waals surface area contributed by atoms with E-state index in [1.54, 1.807) is 26.3 Å². The molecule has 0 unspecified atom stereocenters. The van der Waals surface area contributed by atoms with E-state index in [9.17, 15) is 31.1 Å². The van der Waals surface area contributed by atoms with E-state index < -0.39 is 41.6 Å². The molecular weight excluding hydrogens is 438 g/mol. The summed E-state index contributed by atoms with van der Waals surface area (Å²) in [6.07, 6.45) is -8.32. The Bertz CT molecular complexity index is 980. The fourth-order valence-corrected chi connectivity index (χ4v) is 2.73. The number of hydrogen-bond acceptors (Lipinski definition) is 3. The second-order valence-corrected chi connectivity index (χ2v) is 7.26. The van der Waals surface area contributed by atoms with Gasteiger partial charge in [0.15, 0.2) is 0 Å². The number of esters is 1. The van der Waals surface area contributed by atoms with Gasteiger partial charge < -0.3 is 9.64 Å². The molecule has 0 fully saturated rings. The molecule has 0 spiro atoms. The highest BCUT2D eigenvalue weighted by atomic mass is 19.4. The predicted octanol–water partition coefficient (Wildman–Crippen LogP) is 6.31. The first-order chi connectivity index (χ1) is 14.7. The number of nitrogens with zero attached hydrogens (tertiary/aromatic N) is 2. The van der Waals surface area contributed by atoms with E-state index in [2.05, 4.69) is 4.99 Å². The predicted molar refractivity (Wildman–Crippen MR) is 108 cm³/mol. The Morgan fingerprint density at radius 2 is 1.53 bits per heavy atom. The van der Waals surface area contributed by atoms with Crippen molar-refractivity contribution in [1.29, 1.82) is 0 Å². The Labute approximate surface area is 181 Å². The highest BCUT2D eigenvalue weighted by Gasteiger charge is 2.37. The number of alkyl halides is 6. The summed E-state index contributed by atoms with van der Waals surface area (Å²) >= 11 is 0. The van der Waals surface area contributed by atoms with Gasteiger partial charge in [0.05, 0.1) is 28.7 Å². The van der Waals surface area contributed by atoms with Crippen molar-refractivity contribution in [3.8, 4) is 0 Å². The summed E-state index contributed by atoms with van der Waals surface area (Å²) in [5.74, 6) is -0.863. The molecule has 0 amide bonds. The summed E-state index contributed by atoms with van der Waals surface area (Å²) in [6, 6.07) is 4.25. The molecule has 0 atom stereocenters. The van der Waals surface area contributed by atoms with Crippen molar-refractivity contribution in [3.63, 3.8) is 0 Å². The number of carbonyl (C=O) groups is 1. The van der Waals surface area contributed by atoms with E-state index >= 15 is 0 Å². The highest BCUT2D eigenvalue weighted by Crippen LogP contribution is 2.36. The van der Waals surface area contributed by atoms with Gasteiger partial charge in [-0.1, -0.05) is 0 Å². The van der Waals surface area contributed by atoms with Crippen LogP contribution >= 0.6 is 0 Å². The van der Waals surface area contributed by atoms with E-state index in [4.69, 9.17) is 4.74 Å². The Kier molecular flexibility index (Phi) is 7.58. The molecular formula is C22H22F6N2O2. The molecule has 2 aromatic rings. The first kappa shape index (κ1) is 25.2. The van der Waals surface area contributed by atoms with Crippen LogP contribution in [0.2, 0.25) is 0 Å². The molecule has 32 heavy (non-hydrogen) atoms. The average molecular weight is 460 g/mol. The third-order valence-electron chi connectivity index (χ3n) is 4.67. The maximum absolute atomic E-state index is 13.0. The Hall–Kier alpha value is -3.04. The summed E-state index contributed by atoms with van der Waals surface area (Å²) in [4.78, 5) is 18.6. The minimum absolute atomic E-state index is 0.0219. The van der Waals surface area contributed by atoms with Crippen molar-refractivity contribution in [1.82, 2.24) is 4.90 Å². The van der Waals surface area contributed by atoms with Crippen LogP contribution in [0.4, 0.5) is 32.0 Å². The van der Waals surface area contributed by atoms with Crippen molar-refractivity contribution in [2.45, 2.75) is 39.7 Å². The van der Waals surface area contributed by atoms with Crippen molar-refractivity contribution >= 4 is 18.0 Å². The zero-order chi connectivity index (χ0) is 24.3. The van der Waals surface area contributed by atoms with E-state index in [0.29, 0.717) is 28.9 Å². The molecule has 0 radical (unpaired) electrons. The lowest BCUT2D eigenvalue weighted by Gasteiger charge is -2.15. The monoisotopic (exact) mass is 460 g/mol. The Morgan fingerprint density at radius 3 is 2.03 bits per heavy atom. The maximum Gasteiger partial charge on any atom is 0.416 e. The lowest BCUT2D eigenvalue weighted by atomic mass is 10.0. The number of aryl methyl sites for hydroxylation is 2. The lowest BCUT2D eigenvalue weighted by Crippen LogP contribution is -2.14. The van der Waals surface area contributed by atoms with Crippen LogP contribution in [0.5, 0.6) is 0 Å². The molecule has 2 rings (SSSR count). The van der Waals surface area contributed by atoms with Gasteiger partial charge in [0.25, 0.3) is 0 Å². The van der Waals surface area contributed by atoms with Crippen LogP contribution in [-0.2, 0) is 23.7 Å². The first-order valence-corrected chi connectivity index (χ1v) is 9.53. The van der Waals surface area contributed by atoms with Crippen LogP contribution in [0, 0.1) is 13.8 Å². The molecule has 0 N–H and O–H groups in total. The second kappa shape index (κ2) is 9.62. The number of halogens is 6. The molecule has 0 saturated carbocycles. The normalized spacial score (nSPS) is 12.3. The SMILES string of the molecule is CCN(C)/C=N/c1cc(C)c(C(=O)OCc2cc(C(F)(F)F)cc(C(F)(F)F)c2)cc1C. The number of aliphatic imine (C=N–C) groups is 1. The molecule has 0 saturated heterocycles. The molecule has 2 aromatic carbocycles. The van der Waals surface area contributed by atoms with Crippen molar-refractivity contribution < 1.29 is 35.9 Å². The fraction of sp³-hybridized carbons (Fsp3) is 0.364. The van der Waals surface area contributed by atoms with E-state index in [0.717, 1.165) is 6.54 Å². The van der Waals surface area contributed by atoms with Gasteiger partial charge in [-0.15, -0.1) is 0 Å². The number of benzene rings is 2. The minimum atomic E-state index is -4.98. The van der Waals surface area contributed by atoms with Gasteiger partial charge in [-0.3, -0.25) is 0 Å². The number of hydrogen-bond donors (Lipinski definition) is 0. The zero-order valence-electron chi connectivity index (χ0n) is 17.9. The molecule has 10 heteroatoms. The second-order valence-electron chi connectivity index (χ2n) is 7.26. The molecule has 174 valence electrons. The van der Waals surface area contributed by atoms with Gasteiger partial charge in [0.2, 0.25) is 0 Å². The molecule has 0 bridgehead atoms. The van der Waals surface area contributed by atoms with Crippen molar-refractivity contribution in [3.05, 3.63) is 63.7 Å². The molecule has 0 aliphatic carbocycles. The van der Waals surface area contributed by atoms with E-state index in [1.807, 2.05) is 18.9 Å². The van der Waals surface area contributed by atoms with Gasteiger partial charge in [-0.2, -0.15) is 26.3 Å². The molecule has 0 aliphatic heterocycles. The van der Waals surface area contributed by atoms with Gasteiger partial charge in [0, 0.05) is 13.6 Å². The third-order valence-corrected chi connectivity index (χ3v) is 4.67. The first-order valence-electron chi connectivity index (χ1n) is 9.53.